The maximum absolute atomic E-state index is 10.4. The Bertz CT molecular complexity index is 382. The van der Waals surface area contributed by atoms with E-state index in [0.29, 0.717) is 5.02 Å². The number of carbonyl (C=O) groups is 1. The Morgan fingerprint density at radius 1 is 1.40 bits per heavy atom. The Morgan fingerprint density at radius 2 is 2.00 bits per heavy atom. The number of anilines is 1. The smallest absolute Gasteiger partial charge is 0.335 e. The molecule has 0 aliphatic rings. The number of carboxylic acids is 1. The van der Waals surface area contributed by atoms with Crippen LogP contribution in [-0.4, -0.2) is 27.4 Å². The summed E-state index contributed by atoms with van der Waals surface area (Å²) >= 11 is 5.65. The highest BCUT2D eigenvalue weighted by Crippen LogP contribution is 2.26. The number of carboxylic acid groups (broad SMARTS) is 1. The summed E-state index contributed by atoms with van der Waals surface area (Å²) in [6, 6.07) is 4.24. The lowest BCUT2D eigenvalue weighted by Crippen LogP contribution is -2.28. The van der Waals surface area contributed by atoms with Crippen LogP contribution < -0.4 is 5.73 Å². The molecule has 82 valence electrons. The van der Waals surface area contributed by atoms with E-state index in [1.54, 1.807) is 0 Å². The molecule has 0 saturated carbocycles. The minimum atomic E-state index is -1.93. The number of rotatable bonds is 3. The van der Waals surface area contributed by atoms with Crippen LogP contribution in [0, 0.1) is 0 Å². The van der Waals surface area contributed by atoms with Gasteiger partial charge in [-0.3, -0.25) is 0 Å². The van der Waals surface area contributed by atoms with Crippen LogP contribution in [0.1, 0.15) is 11.7 Å². The third-order valence-corrected chi connectivity index (χ3v) is 2.15. The second kappa shape index (κ2) is 4.48. The van der Waals surface area contributed by atoms with Crippen LogP contribution in [-0.2, 0) is 4.79 Å². The molecule has 0 spiro atoms. The van der Waals surface area contributed by atoms with Gasteiger partial charge in [0.15, 0.2) is 6.10 Å². The van der Waals surface area contributed by atoms with E-state index in [0.717, 1.165) is 0 Å². The largest absolute Gasteiger partial charge is 0.479 e. The van der Waals surface area contributed by atoms with Crippen LogP contribution in [0.4, 0.5) is 5.69 Å². The number of aliphatic hydroxyl groups is 2. The summed E-state index contributed by atoms with van der Waals surface area (Å²) in [7, 11) is 0. The van der Waals surface area contributed by atoms with Crippen molar-refractivity contribution >= 4 is 23.3 Å². The summed E-state index contributed by atoms with van der Waals surface area (Å²) in [5.41, 5.74) is 5.77. The van der Waals surface area contributed by atoms with Crippen LogP contribution in [0.15, 0.2) is 18.2 Å². The van der Waals surface area contributed by atoms with E-state index < -0.39 is 18.2 Å². The number of aliphatic hydroxyl groups excluding tert-OH is 2. The van der Waals surface area contributed by atoms with Crippen LogP contribution in [0.25, 0.3) is 0 Å². The minimum Gasteiger partial charge on any atom is -0.479 e. The predicted octanol–water partition coefficient (Wildman–Crippen LogP) is 0.401. The van der Waals surface area contributed by atoms with E-state index in [1.165, 1.54) is 18.2 Å². The van der Waals surface area contributed by atoms with E-state index in [4.69, 9.17) is 27.5 Å². The molecule has 0 aromatic heterocycles. The average Bonchev–Trinajstić information content (AvgIpc) is 2.19. The lowest BCUT2D eigenvalue weighted by molar-refractivity contribution is -0.153. The lowest BCUT2D eigenvalue weighted by Gasteiger charge is -2.16. The molecular formula is C9H10ClNO4. The number of hydrogen-bond donors (Lipinski definition) is 4. The monoisotopic (exact) mass is 231 g/mol. The first-order chi connectivity index (χ1) is 6.93. The zero-order valence-corrected chi connectivity index (χ0v) is 8.35. The molecule has 0 fully saturated rings. The topological polar surface area (TPSA) is 104 Å². The molecule has 2 unspecified atom stereocenters. The number of nitrogen functional groups attached to an aromatic ring is 1. The van der Waals surface area contributed by atoms with Gasteiger partial charge in [-0.15, -0.1) is 0 Å². The Morgan fingerprint density at radius 3 is 2.53 bits per heavy atom. The van der Waals surface area contributed by atoms with Crippen LogP contribution in [0.2, 0.25) is 5.02 Å². The maximum atomic E-state index is 10.4. The molecule has 1 aromatic rings. The van der Waals surface area contributed by atoms with Gasteiger partial charge in [0.25, 0.3) is 0 Å². The van der Waals surface area contributed by atoms with E-state index in [9.17, 15) is 9.90 Å². The molecule has 0 bridgehead atoms. The summed E-state index contributed by atoms with van der Waals surface area (Å²) in [6.07, 6.45) is -3.52. The Balaban J connectivity index is 3.04. The first-order valence-corrected chi connectivity index (χ1v) is 4.45. The number of nitrogens with two attached hydrogens (primary N) is 1. The Kier molecular flexibility index (Phi) is 3.52. The summed E-state index contributed by atoms with van der Waals surface area (Å²) in [6.45, 7) is 0. The van der Waals surface area contributed by atoms with Crippen molar-refractivity contribution in [2.24, 2.45) is 0 Å². The second-order valence-corrected chi connectivity index (χ2v) is 3.44. The fraction of sp³-hybridized carbons (Fsp3) is 0.222. The van der Waals surface area contributed by atoms with Crippen molar-refractivity contribution in [2.75, 3.05) is 5.73 Å². The fourth-order valence-electron chi connectivity index (χ4n) is 1.11. The molecule has 0 amide bonds. The number of halogens is 1. The molecule has 0 radical (unpaired) electrons. The highest BCUT2D eigenvalue weighted by Gasteiger charge is 2.26. The van der Waals surface area contributed by atoms with Crippen LogP contribution in [0.3, 0.4) is 0 Å². The second-order valence-electron chi connectivity index (χ2n) is 3.00. The number of benzene rings is 1. The van der Waals surface area contributed by atoms with Gasteiger partial charge in [0.05, 0.1) is 0 Å². The lowest BCUT2D eigenvalue weighted by atomic mass is 10.0. The molecule has 5 nitrogen and oxygen atoms in total. The maximum Gasteiger partial charge on any atom is 0.335 e. The van der Waals surface area contributed by atoms with Gasteiger partial charge in [-0.25, -0.2) is 4.79 Å². The van der Waals surface area contributed by atoms with Crippen molar-refractivity contribution in [3.8, 4) is 0 Å². The third kappa shape index (κ3) is 2.59. The normalized spacial score (nSPS) is 14.6. The van der Waals surface area contributed by atoms with Gasteiger partial charge in [-0.05, 0) is 18.2 Å². The molecule has 2 atom stereocenters. The minimum absolute atomic E-state index is 0.0948. The Labute approximate surface area is 90.7 Å². The van der Waals surface area contributed by atoms with E-state index in [-0.39, 0.29) is 11.3 Å². The average molecular weight is 232 g/mol. The van der Waals surface area contributed by atoms with Gasteiger partial charge in [-0.2, -0.15) is 0 Å². The van der Waals surface area contributed by atoms with Gasteiger partial charge in [0, 0.05) is 16.3 Å². The summed E-state index contributed by atoms with van der Waals surface area (Å²) < 4.78 is 0. The molecule has 15 heavy (non-hydrogen) atoms. The molecule has 1 aromatic carbocycles. The first-order valence-electron chi connectivity index (χ1n) is 4.07. The zero-order valence-electron chi connectivity index (χ0n) is 7.59. The number of hydrogen-bond acceptors (Lipinski definition) is 4. The van der Waals surface area contributed by atoms with Crippen molar-refractivity contribution < 1.29 is 20.1 Å². The van der Waals surface area contributed by atoms with E-state index in [2.05, 4.69) is 0 Å². The molecule has 0 aliphatic carbocycles. The zero-order chi connectivity index (χ0) is 11.6. The van der Waals surface area contributed by atoms with Gasteiger partial charge < -0.3 is 21.1 Å². The molecule has 6 heteroatoms. The number of aliphatic carboxylic acids is 1. The van der Waals surface area contributed by atoms with Crippen molar-refractivity contribution in [3.63, 3.8) is 0 Å². The van der Waals surface area contributed by atoms with Crippen LogP contribution in [0.5, 0.6) is 0 Å². The van der Waals surface area contributed by atoms with Gasteiger partial charge in [-0.1, -0.05) is 11.6 Å². The quantitative estimate of drug-likeness (QED) is 0.564. The van der Waals surface area contributed by atoms with E-state index >= 15 is 0 Å². The standard InChI is InChI=1S/C9H10ClNO4/c10-4-1-2-6(11)5(3-4)7(12)8(13)9(14)15/h1-3,7-8,12-13H,11H2,(H,14,15). The van der Waals surface area contributed by atoms with Crippen LogP contribution >= 0.6 is 11.6 Å². The summed E-state index contributed by atoms with van der Waals surface area (Å²) in [5.74, 6) is -1.53. The molecule has 0 heterocycles. The molecular weight excluding hydrogens is 222 g/mol. The van der Waals surface area contributed by atoms with Gasteiger partial charge in [0.2, 0.25) is 0 Å². The molecule has 5 N–H and O–H groups in total. The first kappa shape index (κ1) is 11.8. The highest BCUT2D eigenvalue weighted by molar-refractivity contribution is 6.30. The van der Waals surface area contributed by atoms with Gasteiger partial charge in [0.1, 0.15) is 6.10 Å². The third-order valence-electron chi connectivity index (χ3n) is 1.92. The van der Waals surface area contributed by atoms with Crippen molar-refractivity contribution in [1.29, 1.82) is 0 Å². The predicted molar refractivity (Wildman–Crippen MR) is 54.5 cm³/mol. The molecule has 1 rings (SSSR count). The summed E-state index contributed by atoms with van der Waals surface area (Å²) in [4.78, 5) is 10.4. The van der Waals surface area contributed by atoms with E-state index in [1.807, 2.05) is 0 Å². The summed E-state index contributed by atoms with van der Waals surface area (Å²) in [5, 5.41) is 27.4. The Hall–Kier alpha value is -1.30. The SMILES string of the molecule is Nc1ccc(Cl)cc1C(O)C(O)C(=O)O. The molecule has 0 saturated heterocycles. The van der Waals surface area contributed by atoms with Gasteiger partial charge >= 0.3 is 5.97 Å². The van der Waals surface area contributed by atoms with Crippen molar-refractivity contribution in [3.05, 3.63) is 28.8 Å². The van der Waals surface area contributed by atoms with Crippen molar-refractivity contribution in [2.45, 2.75) is 12.2 Å². The molecule has 0 aliphatic heterocycles. The highest BCUT2D eigenvalue weighted by atomic mass is 35.5. The fourth-order valence-corrected chi connectivity index (χ4v) is 1.29. The van der Waals surface area contributed by atoms with Crippen molar-refractivity contribution in [1.82, 2.24) is 0 Å².